The molecule has 0 aromatic rings. The standard InChI is InChI=1S/C12H19NO2/c14-12(9-5-6-15-8-9)7-13-10-1-2-11(13)4-3-10/h9-11H,1-8H2. The zero-order chi connectivity index (χ0) is 10.3. The van der Waals surface area contributed by atoms with Gasteiger partial charge in [-0.1, -0.05) is 0 Å². The van der Waals surface area contributed by atoms with Gasteiger partial charge >= 0.3 is 0 Å². The van der Waals surface area contributed by atoms with E-state index in [0.717, 1.165) is 25.1 Å². The van der Waals surface area contributed by atoms with Crippen molar-refractivity contribution in [2.75, 3.05) is 19.8 Å². The van der Waals surface area contributed by atoms with E-state index < -0.39 is 0 Å². The molecule has 3 aliphatic rings. The van der Waals surface area contributed by atoms with E-state index in [4.69, 9.17) is 4.74 Å². The predicted molar refractivity (Wildman–Crippen MR) is 56.7 cm³/mol. The minimum atomic E-state index is 0.199. The minimum Gasteiger partial charge on any atom is -0.381 e. The SMILES string of the molecule is O=C(CN1C2CCC1CC2)C1CCOC1. The van der Waals surface area contributed by atoms with Crippen LogP contribution in [0, 0.1) is 5.92 Å². The number of Topliss-reactive ketones (excluding diaryl/α,β-unsaturated/α-hetero) is 1. The number of hydrogen-bond acceptors (Lipinski definition) is 3. The van der Waals surface area contributed by atoms with Crippen LogP contribution in [0.3, 0.4) is 0 Å². The third-order valence-corrected chi connectivity index (χ3v) is 4.33. The van der Waals surface area contributed by atoms with E-state index >= 15 is 0 Å². The van der Waals surface area contributed by atoms with Gasteiger partial charge in [0.25, 0.3) is 0 Å². The highest BCUT2D eigenvalue weighted by Gasteiger charge is 2.40. The first-order valence-corrected chi connectivity index (χ1v) is 6.21. The maximum Gasteiger partial charge on any atom is 0.152 e. The summed E-state index contributed by atoms with van der Waals surface area (Å²) in [6.45, 7) is 2.15. The van der Waals surface area contributed by atoms with Gasteiger partial charge in [0.15, 0.2) is 5.78 Å². The van der Waals surface area contributed by atoms with E-state index in [1.54, 1.807) is 0 Å². The van der Waals surface area contributed by atoms with Crippen LogP contribution in [0.1, 0.15) is 32.1 Å². The maximum atomic E-state index is 12.0. The summed E-state index contributed by atoms with van der Waals surface area (Å²) >= 11 is 0. The van der Waals surface area contributed by atoms with Crippen LogP contribution in [0.2, 0.25) is 0 Å². The van der Waals surface area contributed by atoms with Crippen LogP contribution in [0.4, 0.5) is 0 Å². The number of ether oxygens (including phenoxy) is 1. The molecule has 2 bridgehead atoms. The summed E-state index contributed by atoms with van der Waals surface area (Å²) in [6.07, 6.45) is 6.22. The van der Waals surface area contributed by atoms with Crippen molar-refractivity contribution in [3.8, 4) is 0 Å². The molecule has 0 aliphatic carbocycles. The number of fused-ring (bicyclic) bond motifs is 2. The fourth-order valence-electron chi connectivity index (χ4n) is 3.38. The van der Waals surface area contributed by atoms with Gasteiger partial charge in [-0.3, -0.25) is 9.69 Å². The van der Waals surface area contributed by atoms with Gasteiger partial charge in [0.05, 0.1) is 13.2 Å². The van der Waals surface area contributed by atoms with Gasteiger partial charge in [-0.2, -0.15) is 0 Å². The summed E-state index contributed by atoms with van der Waals surface area (Å²) in [5.41, 5.74) is 0. The van der Waals surface area contributed by atoms with E-state index in [2.05, 4.69) is 4.90 Å². The summed E-state index contributed by atoms with van der Waals surface area (Å²) < 4.78 is 5.27. The number of nitrogens with zero attached hydrogens (tertiary/aromatic N) is 1. The summed E-state index contributed by atoms with van der Waals surface area (Å²) in [5, 5.41) is 0. The first-order chi connectivity index (χ1) is 7.34. The molecule has 3 heterocycles. The molecule has 1 unspecified atom stereocenters. The Bertz CT molecular complexity index is 240. The fraction of sp³-hybridized carbons (Fsp3) is 0.917. The van der Waals surface area contributed by atoms with Crippen molar-refractivity contribution in [1.82, 2.24) is 4.90 Å². The number of rotatable bonds is 3. The normalized spacial score (nSPS) is 40.1. The monoisotopic (exact) mass is 209 g/mol. The van der Waals surface area contributed by atoms with Crippen molar-refractivity contribution in [2.45, 2.75) is 44.2 Å². The Morgan fingerprint density at radius 1 is 1.13 bits per heavy atom. The third kappa shape index (κ3) is 1.72. The molecule has 3 nitrogen and oxygen atoms in total. The van der Waals surface area contributed by atoms with Crippen LogP contribution in [0.15, 0.2) is 0 Å². The number of carbonyl (C=O) groups excluding carboxylic acids is 1. The van der Waals surface area contributed by atoms with E-state index in [0.29, 0.717) is 18.9 Å². The largest absolute Gasteiger partial charge is 0.381 e. The van der Waals surface area contributed by atoms with Crippen LogP contribution in [-0.4, -0.2) is 42.5 Å². The van der Waals surface area contributed by atoms with Crippen molar-refractivity contribution in [1.29, 1.82) is 0 Å². The van der Waals surface area contributed by atoms with Gasteiger partial charge in [-0.15, -0.1) is 0 Å². The predicted octanol–water partition coefficient (Wildman–Crippen LogP) is 1.22. The molecule has 1 atom stereocenters. The second-order valence-corrected chi connectivity index (χ2v) is 5.16. The van der Waals surface area contributed by atoms with Crippen LogP contribution in [0.5, 0.6) is 0 Å². The molecule has 15 heavy (non-hydrogen) atoms. The summed E-state index contributed by atoms with van der Waals surface area (Å²) in [4.78, 5) is 14.5. The fourth-order valence-corrected chi connectivity index (χ4v) is 3.38. The van der Waals surface area contributed by atoms with Gasteiger partial charge in [0, 0.05) is 24.6 Å². The molecule has 3 heteroatoms. The number of hydrogen-bond donors (Lipinski definition) is 0. The molecule has 0 saturated carbocycles. The van der Waals surface area contributed by atoms with Gasteiger partial charge in [-0.05, 0) is 32.1 Å². The van der Waals surface area contributed by atoms with Crippen LogP contribution >= 0.6 is 0 Å². The maximum absolute atomic E-state index is 12.0. The Labute approximate surface area is 90.8 Å². The highest BCUT2D eigenvalue weighted by atomic mass is 16.5. The number of carbonyl (C=O) groups is 1. The molecule has 3 fully saturated rings. The lowest BCUT2D eigenvalue weighted by molar-refractivity contribution is -0.124. The molecule has 0 N–H and O–H groups in total. The van der Waals surface area contributed by atoms with Crippen molar-refractivity contribution in [3.63, 3.8) is 0 Å². The molecule has 0 aromatic heterocycles. The van der Waals surface area contributed by atoms with Crippen molar-refractivity contribution in [3.05, 3.63) is 0 Å². The lowest BCUT2D eigenvalue weighted by Gasteiger charge is -2.21. The van der Waals surface area contributed by atoms with Crippen LogP contribution in [0.25, 0.3) is 0 Å². The van der Waals surface area contributed by atoms with E-state index in [1.807, 2.05) is 0 Å². The van der Waals surface area contributed by atoms with E-state index in [9.17, 15) is 4.79 Å². The Morgan fingerprint density at radius 2 is 1.80 bits per heavy atom. The first kappa shape index (κ1) is 9.79. The molecule has 84 valence electrons. The van der Waals surface area contributed by atoms with E-state index in [-0.39, 0.29) is 5.92 Å². The smallest absolute Gasteiger partial charge is 0.152 e. The quantitative estimate of drug-likeness (QED) is 0.700. The third-order valence-electron chi connectivity index (χ3n) is 4.33. The Kier molecular flexibility index (Phi) is 2.53. The Hall–Kier alpha value is -0.410. The van der Waals surface area contributed by atoms with Gasteiger partial charge < -0.3 is 4.74 Å². The molecule has 0 spiro atoms. The van der Waals surface area contributed by atoms with Crippen molar-refractivity contribution >= 4 is 5.78 Å². The molecule has 3 saturated heterocycles. The Balaban J connectivity index is 1.58. The second-order valence-electron chi connectivity index (χ2n) is 5.16. The lowest BCUT2D eigenvalue weighted by Crippen LogP contribution is -2.36. The summed E-state index contributed by atoms with van der Waals surface area (Å²) in [5.74, 6) is 0.622. The van der Waals surface area contributed by atoms with Crippen molar-refractivity contribution < 1.29 is 9.53 Å². The molecule has 3 rings (SSSR count). The van der Waals surface area contributed by atoms with Crippen LogP contribution in [-0.2, 0) is 9.53 Å². The molecular formula is C12H19NO2. The molecular weight excluding hydrogens is 190 g/mol. The summed E-state index contributed by atoms with van der Waals surface area (Å²) in [6, 6.07) is 1.45. The van der Waals surface area contributed by atoms with Crippen LogP contribution < -0.4 is 0 Å². The highest BCUT2D eigenvalue weighted by molar-refractivity contribution is 5.83. The summed E-state index contributed by atoms with van der Waals surface area (Å²) in [7, 11) is 0. The van der Waals surface area contributed by atoms with Gasteiger partial charge in [-0.25, -0.2) is 0 Å². The zero-order valence-electron chi connectivity index (χ0n) is 9.15. The van der Waals surface area contributed by atoms with Gasteiger partial charge in [0.2, 0.25) is 0 Å². The second kappa shape index (κ2) is 3.87. The van der Waals surface area contributed by atoms with Crippen molar-refractivity contribution in [2.24, 2.45) is 5.92 Å². The van der Waals surface area contributed by atoms with Gasteiger partial charge in [0.1, 0.15) is 0 Å². The molecule has 0 amide bonds. The first-order valence-electron chi connectivity index (χ1n) is 6.21. The van der Waals surface area contributed by atoms with E-state index in [1.165, 1.54) is 25.7 Å². The minimum absolute atomic E-state index is 0.199. The average molecular weight is 209 g/mol. The number of ketones is 1. The Morgan fingerprint density at radius 3 is 2.33 bits per heavy atom. The highest BCUT2D eigenvalue weighted by Crippen LogP contribution is 2.37. The molecule has 0 aromatic carbocycles. The molecule has 0 radical (unpaired) electrons. The lowest BCUT2D eigenvalue weighted by atomic mass is 10.0. The average Bonchev–Trinajstić information content (AvgIpc) is 2.94. The molecule has 3 aliphatic heterocycles. The zero-order valence-corrected chi connectivity index (χ0v) is 9.15. The topological polar surface area (TPSA) is 29.5 Å².